The molecule has 0 spiro atoms. The maximum Gasteiger partial charge on any atom is 0.230 e. The van der Waals surface area contributed by atoms with Crippen LogP contribution in [-0.4, -0.2) is 35.6 Å². The van der Waals surface area contributed by atoms with Crippen molar-refractivity contribution in [3.63, 3.8) is 0 Å². The van der Waals surface area contributed by atoms with Gasteiger partial charge >= 0.3 is 0 Å². The number of rotatable bonds is 5. The third-order valence-corrected chi connectivity index (χ3v) is 4.14. The number of halogens is 1. The summed E-state index contributed by atoms with van der Waals surface area (Å²) in [5.41, 5.74) is 0. The molecule has 0 amide bonds. The van der Waals surface area contributed by atoms with E-state index >= 15 is 0 Å². The third kappa shape index (κ3) is 4.47. The van der Waals surface area contributed by atoms with Gasteiger partial charge in [0.15, 0.2) is 0 Å². The molecule has 1 saturated carbocycles. The Morgan fingerprint density at radius 3 is 2.50 bits per heavy atom. The highest BCUT2D eigenvalue weighted by Crippen LogP contribution is 2.30. The average molecular weight is 298 g/mol. The molecule has 1 aromatic heterocycles. The standard InChI is InChI=1S/C14H24ClN5/c1-10-4-6-11(7-5-10)8-9-16-13-17-12(15)18-14(19-13)20(2)3/h10-11H,4-9H2,1-3H3,(H,16,17,18,19). The van der Waals surface area contributed by atoms with E-state index < -0.39 is 0 Å². The summed E-state index contributed by atoms with van der Waals surface area (Å²) in [7, 11) is 3.78. The summed E-state index contributed by atoms with van der Waals surface area (Å²) in [5.74, 6) is 2.89. The van der Waals surface area contributed by atoms with Crippen LogP contribution in [0.25, 0.3) is 0 Å². The van der Waals surface area contributed by atoms with Gasteiger partial charge in [0.25, 0.3) is 0 Å². The first-order valence-electron chi connectivity index (χ1n) is 7.37. The molecule has 1 aliphatic carbocycles. The van der Waals surface area contributed by atoms with Gasteiger partial charge in [0, 0.05) is 20.6 Å². The Balaban J connectivity index is 1.82. The van der Waals surface area contributed by atoms with Crippen molar-refractivity contribution in [2.45, 2.75) is 39.0 Å². The molecule has 0 aromatic carbocycles. The predicted octanol–water partition coefficient (Wildman–Crippen LogP) is 3.22. The molecule has 2 rings (SSSR count). The van der Waals surface area contributed by atoms with E-state index in [9.17, 15) is 0 Å². The summed E-state index contributed by atoms with van der Waals surface area (Å²) in [6.07, 6.45) is 6.61. The van der Waals surface area contributed by atoms with Gasteiger partial charge in [-0.15, -0.1) is 0 Å². The Kier molecular flexibility index (Phi) is 5.40. The SMILES string of the molecule is CC1CCC(CCNc2nc(Cl)nc(N(C)C)n2)CC1. The molecular weight excluding hydrogens is 274 g/mol. The minimum Gasteiger partial charge on any atom is -0.354 e. The second-order valence-corrected chi connectivity index (χ2v) is 6.30. The smallest absolute Gasteiger partial charge is 0.230 e. The van der Waals surface area contributed by atoms with Crippen LogP contribution in [0.15, 0.2) is 0 Å². The highest BCUT2D eigenvalue weighted by Gasteiger charge is 2.17. The van der Waals surface area contributed by atoms with Crippen LogP contribution in [-0.2, 0) is 0 Å². The first kappa shape index (κ1) is 15.3. The number of nitrogens with one attached hydrogen (secondary N) is 1. The molecule has 0 unspecified atom stereocenters. The zero-order chi connectivity index (χ0) is 14.5. The molecule has 1 fully saturated rings. The molecule has 5 nitrogen and oxygen atoms in total. The van der Waals surface area contributed by atoms with Crippen molar-refractivity contribution in [2.75, 3.05) is 30.9 Å². The highest BCUT2D eigenvalue weighted by molar-refractivity contribution is 6.28. The zero-order valence-electron chi connectivity index (χ0n) is 12.6. The number of hydrogen-bond donors (Lipinski definition) is 1. The van der Waals surface area contributed by atoms with Gasteiger partial charge in [0.1, 0.15) is 0 Å². The van der Waals surface area contributed by atoms with Gasteiger partial charge in [-0.25, -0.2) is 0 Å². The maximum absolute atomic E-state index is 5.91. The van der Waals surface area contributed by atoms with Gasteiger partial charge in [-0.2, -0.15) is 15.0 Å². The van der Waals surface area contributed by atoms with Crippen molar-refractivity contribution < 1.29 is 0 Å². The lowest BCUT2D eigenvalue weighted by atomic mass is 9.81. The van der Waals surface area contributed by atoms with Crippen LogP contribution in [0.1, 0.15) is 39.0 Å². The van der Waals surface area contributed by atoms with Crippen LogP contribution >= 0.6 is 11.6 Å². The topological polar surface area (TPSA) is 53.9 Å². The van der Waals surface area contributed by atoms with Crippen molar-refractivity contribution >= 4 is 23.5 Å². The second kappa shape index (κ2) is 7.07. The van der Waals surface area contributed by atoms with Gasteiger partial charge < -0.3 is 10.2 Å². The van der Waals surface area contributed by atoms with E-state index in [0.717, 1.165) is 18.4 Å². The summed E-state index contributed by atoms with van der Waals surface area (Å²) in [6, 6.07) is 0. The van der Waals surface area contributed by atoms with E-state index in [1.165, 1.54) is 32.1 Å². The first-order chi connectivity index (χ1) is 9.54. The Labute approximate surface area is 126 Å². The van der Waals surface area contributed by atoms with E-state index in [4.69, 9.17) is 11.6 Å². The van der Waals surface area contributed by atoms with E-state index in [1.807, 2.05) is 19.0 Å². The molecule has 0 bridgehead atoms. The Hall–Kier alpha value is -1.10. The fraction of sp³-hybridized carbons (Fsp3) is 0.786. The molecule has 1 N–H and O–H groups in total. The largest absolute Gasteiger partial charge is 0.354 e. The maximum atomic E-state index is 5.91. The molecule has 0 radical (unpaired) electrons. The molecule has 0 aliphatic heterocycles. The van der Waals surface area contributed by atoms with Crippen LogP contribution in [0.2, 0.25) is 5.28 Å². The van der Waals surface area contributed by atoms with Crippen molar-refractivity contribution in [2.24, 2.45) is 11.8 Å². The molecule has 6 heteroatoms. The molecule has 1 heterocycles. The van der Waals surface area contributed by atoms with Crippen molar-refractivity contribution in [3.8, 4) is 0 Å². The van der Waals surface area contributed by atoms with Gasteiger partial charge in [0.05, 0.1) is 0 Å². The summed E-state index contributed by atoms with van der Waals surface area (Å²) in [6.45, 7) is 3.25. The summed E-state index contributed by atoms with van der Waals surface area (Å²) < 4.78 is 0. The minimum absolute atomic E-state index is 0.234. The number of anilines is 2. The quantitative estimate of drug-likeness (QED) is 0.904. The fourth-order valence-corrected chi connectivity index (χ4v) is 2.78. The van der Waals surface area contributed by atoms with E-state index in [1.54, 1.807) is 0 Å². The Bertz CT molecular complexity index is 430. The lowest BCUT2D eigenvalue weighted by molar-refractivity contribution is 0.282. The van der Waals surface area contributed by atoms with Gasteiger partial charge in [0.2, 0.25) is 17.2 Å². The van der Waals surface area contributed by atoms with Crippen LogP contribution in [0, 0.1) is 11.8 Å². The highest BCUT2D eigenvalue weighted by atomic mass is 35.5. The second-order valence-electron chi connectivity index (χ2n) is 5.96. The molecule has 20 heavy (non-hydrogen) atoms. The van der Waals surface area contributed by atoms with Crippen molar-refractivity contribution in [1.29, 1.82) is 0 Å². The zero-order valence-corrected chi connectivity index (χ0v) is 13.3. The fourth-order valence-electron chi connectivity index (χ4n) is 2.62. The van der Waals surface area contributed by atoms with Crippen LogP contribution < -0.4 is 10.2 Å². The molecule has 112 valence electrons. The molecular formula is C14H24ClN5. The lowest BCUT2D eigenvalue weighted by Crippen LogP contribution is -2.18. The number of aromatic nitrogens is 3. The summed E-state index contributed by atoms with van der Waals surface area (Å²) in [4.78, 5) is 14.3. The van der Waals surface area contributed by atoms with E-state index in [-0.39, 0.29) is 5.28 Å². The third-order valence-electron chi connectivity index (χ3n) is 3.97. The van der Waals surface area contributed by atoms with E-state index in [0.29, 0.717) is 11.9 Å². The molecule has 1 aromatic rings. The Morgan fingerprint density at radius 1 is 1.15 bits per heavy atom. The molecule has 1 aliphatic rings. The lowest BCUT2D eigenvalue weighted by Gasteiger charge is -2.26. The van der Waals surface area contributed by atoms with Gasteiger partial charge in [-0.1, -0.05) is 32.6 Å². The predicted molar refractivity (Wildman–Crippen MR) is 83.4 cm³/mol. The van der Waals surface area contributed by atoms with Gasteiger partial charge in [-0.3, -0.25) is 0 Å². The summed E-state index contributed by atoms with van der Waals surface area (Å²) >= 11 is 5.91. The van der Waals surface area contributed by atoms with Crippen molar-refractivity contribution in [3.05, 3.63) is 5.28 Å². The molecule has 0 saturated heterocycles. The molecule has 0 atom stereocenters. The first-order valence-corrected chi connectivity index (χ1v) is 7.75. The minimum atomic E-state index is 0.234. The normalized spacial score (nSPS) is 22.6. The van der Waals surface area contributed by atoms with Crippen LogP contribution in [0.4, 0.5) is 11.9 Å². The van der Waals surface area contributed by atoms with Gasteiger partial charge in [-0.05, 0) is 29.9 Å². The monoisotopic (exact) mass is 297 g/mol. The Morgan fingerprint density at radius 2 is 1.85 bits per heavy atom. The van der Waals surface area contributed by atoms with Crippen LogP contribution in [0.3, 0.4) is 0 Å². The van der Waals surface area contributed by atoms with E-state index in [2.05, 4.69) is 27.2 Å². The average Bonchev–Trinajstić information content (AvgIpc) is 2.40. The number of nitrogens with zero attached hydrogens (tertiary/aromatic N) is 4. The number of hydrogen-bond acceptors (Lipinski definition) is 5. The van der Waals surface area contributed by atoms with Crippen molar-refractivity contribution in [1.82, 2.24) is 15.0 Å². The summed E-state index contributed by atoms with van der Waals surface area (Å²) in [5, 5.41) is 3.50. The van der Waals surface area contributed by atoms with Crippen LogP contribution in [0.5, 0.6) is 0 Å².